The van der Waals surface area contributed by atoms with Crippen LogP contribution < -0.4 is 10.6 Å². The minimum atomic E-state index is -0.487. The third-order valence-corrected chi connectivity index (χ3v) is 5.13. The molecule has 0 spiro atoms. The van der Waals surface area contributed by atoms with E-state index >= 15 is 0 Å². The van der Waals surface area contributed by atoms with Crippen molar-refractivity contribution in [3.63, 3.8) is 0 Å². The molecule has 1 aromatic rings. The lowest BCUT2D eigenvalue weighted by atomic mass is 10.1. The van der Waals surface area contributed by atoms with Crippen LogP contribution in [0.15, 0.2) is 27.8 Å². The summed E-state index contributed by atoms with van der Waals surface area (Å²) in [6.45, 7) is 9.18. The molecule has 2 atom stereocenters. The summed E-state index contributed by atoms with van der Waals surface area (Å²) in [7, 11) is 0. The highest BCUT2D eigenvalue weighted by atomic mass is 127. The van der Waals surface area contributed by atoms with Crippen molar-refractivity contribution < 1.29 is 18.7 Å². The smallest absolute Gasteiger partial charge is 0.410 e. The SMILES string of the molecule is CC(C)(C)OC(=O)N1CCCC(NC(=NCC2CCCO2)NCCc2ccco2)C1.I. The van der Waals surface area contributed by atoms with Gasteiger partial charge in [-0.15, -0.1) is 24.0 Å². The van der Waals surface area contributed by atoms with Gasteiger partial charge in [0.25, 0.3) is 0 Å². The molecule has 2 N–H and O–H groups in total. The first-order chi connectivity index (χ1) is 14.4. The van der Waals surface area contributed by atoms with Gasteiger partial charge < -0.3 is 29.4 Å². The minimum Gasteiger partial charge on any atom is -0.469 e. The van der Waals surface area contributed by atoms with E-state index in [-0.39, 0.29) is 42.2 Å². The van der Waals surface area contributed by atoms with Crippen molar-refractivity contribution in [1.82, 2.24) is 15.5 Å². The van der Waals surface area contributed by atoms with Gasteiger partial charge in [0, 0.05) is 38.7 Å². The molecule has 0 bridgehead atoms. The topological polar surface area (TPSA) is 88.3 Å². The summed E-state index contributed by atoms with van der Waals surface area (Å²) in [6, 6.07) is 4.00. The van der Waals surface area contributed by atoms with E-state index < -0.39 is 5.60 Å². The number of amides is 1. The van der Waals surface area contributed by atoms with Crippen LogP contribution in [0.3, 0.4) is 0 Å². The van der Waals surface area contributed by atoms with E-state index in [0.29, 0.717) is 19.6 Å². The number of furan rings is 1. The molecule has 2 aliphatic rings. The van der Waals surface area contributed by atoms with Crippen LogP contribution in [-0.2, 0) is 15.9 Å². The Morgan fingerprint density at radius 2 is 2.16 bits per heavy atom. The number of carbonyl (C=O) groups excluding carboxylic acids is 1. The van der Waals surface area contributed by atoms with E-state index in [2.05, 4.69) is 10.6 Å². The van der Waals surface area contributed by atoms with Gasteiger partial charge in [0.05, 0.1) is 18.9 Å². The average Bonchev–Trinajstić information content (AvgIpc) is 3.39. The van der Waals surface area contributed by atoms with Gasteiger partial charge in [0.2, 0.25) is 0 Å². The quantitative estimate of drug-likeness (QED) is 0.321. The third kappa shape index (κ3) is 9.26. The molecule has 2 aliphatic heterocycles. The Morgan fingerprint density at radius 1 is 1.32 bits per heavy atom. The summed E-state index contributed by atoms with van der Waals surface area (Å²) < 4.78 is 16.7. The largest absolute Gasteiger partial charge is 0.469 e. The number of piperidine rings is 1. The Balaban J connectivity index is 0.00000341. The number of hydrogen-bond donors (Lipinski definition) is 2. The maximum atomic E-state index is 12.5. The molecule has 0 aliphatic carbocycles. The third-order valence-electron chi connectivity index (χ3n) is 5.13. The molecule has 3 rings (SSSR count). The predicted octanol–water partition coefficient (Wildman–Crippen LogP) is 3.55. The van der Waals surface area contributed by atoms with Gasteiger partial charge in [-0.25, -0.2) is 4.79 Å². The van der Waals surface area contributed by atoms with Crippen LogP contribution >= 0.6 is 24.0 Å². The number of hydrogen-bond acceptors (Lipinski definition) is 5. The lowest BCUT2D eigenvalue weighted by Gasteiger charge is -2.35. The van der Waals surface area contributed by atoms with Crippen LogP contribution in [0.2, 0.25) is 0 Å². The molecular formula is C22H37IN4O4. The Morgan fingerprint density at radius 3 is 2.84 bits per heavy atom. The van der Waals surface area contributed by atoms with Crippen molar-refractivity contribution in [2.45, 2.75) is 70.6 Å². The van der Waals surface area contributed by atoms with Gasteiger partial charge in [-0.1, -0.05) is 0 Å². The first-order valence-corrected chi connectivity index (χ1v) is 11.1. The highest BCUT2D eigenvalue weighted by Crippen LogP contribution is 2.16. The first-order valence-electron chi connectivity index (χ1n) is 11.1. The van der Waals surface area contributed by atoms with Crippen LogP contribution in [-0.4, -0.2) is 67.5 Å². The maximum Gasteiger partial charge on any atom is 0.410 e. The number of rotatable bonds is 6. The monoisotopic (exact) mass is 548 g/mol. The summed E-state index contributed by atoms with van der Waals surface area (Å²) in [6.07, 6.45) is 6.48. The molecule has 1 amide bonds. The van der Waals surface area contributed by atoms with Gasteiger partial charge in [-0.3, -0.25) is 4.99 Å². The van der Waals surface area contributed by atoms with Crippen molar-refractivity contribution in [3.05, 3.63) is 24.2 Å². The minimum absolute atomic E-state index is 0. The van der Waals surface area contributed by atoms with Crippen LogP contribution in [0, 0.1) is 0 Å². The summed E-state index contributed by atoms with van der Waals surface area (Å²) >= 11 is 0. The molecule has 2 unspecified atom stereocenters. The van der Waals surface area contributed by atoms with Gasteiger partial charge in [0.15, 0.2) is 5.96 Å². The van der Waals surface area contributed by atoms with Crippen molar-refractivity contribution in [2.75, 3.05) is 32.8 Å². The molecule has 176 valence electrons. The van der Waals surface area contributed by atoms with E-state index in [1.165, 1.54) is 0 Å². The lowest BCUT2D eigenvalue weighted by molar-refractivity contribution is 0.0193. The zero-order valence-corrected chi connectivity index (χ0v) is 21.2. The number of aliphatic imine (C=N–C) groups is 1. The van der Waals surface area contributed by atoms with E-state index in [0.717, 1.165) is 57.0 Å². The molecule has 1 aromatic heterocycles. The van der Waals surface area contributed by atoms with Crippen molar-refractivity contribution >= 4 is 36.0 Å². The molecule has 31 heavy (non-hydrogen) atoms. The fourth-order valence-corrected chi connectivity index (χ4v) is 3.67. The van der Waals surface area contributed by atoms with Gasteiger partial charge in [0.1, 0.15) is 11.4 Å². The normalized spacial score (nSPS) is 22.0. The molecule has 2 saturated heterocycles. The molecule has 3 heterocycles. The number of ether oxygens (including phenoxy) is 2. The Kier molecular flexibility index (Phi) is 10.4. The number of halogens is 1. The molecule has 2 fully saturated rings. The fourth-order valence-electron chi connectivity index (χ4n) is 3.67. The Labute approximate surface area is 202 Å². The number of guanidine groups is 1. The molecule has 0 aromatic carbocycles. The van der Waals surface area contributed by atoms with Crippen molar-refractivity contribution in [2.24, 2.45) is 4.99 Å². The standard InChI is InChI=1S/C22H36N4O4.HI/c1-22(2,3)30-21(27)26-12-4-7-17(16-26)25-20(24-15-19-9-6-14-29-19)23-11-10-18-8-5-13-28-18;/h5,8,13,17,19H,4,6-7,9-12,14-16H2,1-3H3,(H2,23,24,25);1H. The summed E-state index contributed by atoms with van der Waals surface area (Å²) in [5.41, 5.74) is -0.487. The van der Waals surface area contributed by atoms with Crippen LogP contribution in [0.5, 0.6) is 0 Å². The molecule has 9 heteroatoms. The second-order valence-electron chi connectivity index (χ2n) is 8.99. The van der Waals surface area contributed by atoms with Gasteiger partial charge in [-0.05, 0) is 58.6 Å². The second kappa shape index (κ2) is 12.5. The van der Waals surface area contributed by atoms with Crippen LogP contribution in [0.1, 0.15) is 52.2 Å². The van der Waals surface area contributed by atoms with E-state index in [4.69, 9.17) is 18.9 Å². The summed E-state index contributed by atoms with van der Waals surface area (Å²) in [5.74, 6) is 1.70. The molecule has 0 radical (unpaired) electrons. The average molecular weight is 548 g/mol. The van der Waals surface area contributed by atoms with Crippen LogP contribution in [0.25, 0.3) is 0 Å². The molecular weight excluding hydrogens is 511 g/mol. The maximum absolute atomic E-state index is 12.5. The van der Waals surface area contributed by atoms with E-state index in [1.54, 1.807) is 11.2 Å². The lowest BCUT2D eigenvalue weighted by Crippen LogP contribution is -2.53. The fraction of sp³-hybridized carbons (Fsp3) is 0.727. The Hall–Kier alpha value is -1.49. The van der Waals surface area contributed by atoms with Gasteiger partial charge in [-0.2, -0.15) is 0 Å². The van der Waals surface area contributed by atoms with E-state index in [1.807, 2.05) is 32.9 Å². The number of nitrogens with one attached hydrogen (secondary N) is 2. The van der Waals surface area contributed by atoms with E-state index in [9.17, 15) is 4.79 Å². The summed E-state index contributed by atoms with van der Waals surface area (Å²) in [5, 5.41) is 6.91. The van der Waals surface area contributed by atoms with Crippen molar-refractivity contribution in [1.29, 1.82) is 0 Å². The highest BCUT2D eigenvalue weighted by molar-refractivity contribution is 14.0. The van der Waals surface area contributed by atoms with Crippen LogP contribution in [0.4, 0.5) is 4.79 Å². The summed E-state index contributed by atoms with van der Waals surface area (Å²) in [4.78, 5) is 19.0. The first kappa shape index (κ1) is 25.8. The highest BCUT2D eigenvalue weighted by Gasteiger charge is 2.28. The zero-order valence-electron chi connectivity index (χ0n) is 18.9. The van der Waals surface area contributed by atoms with Gasteiger partial charge >= 0.3 is 6.09 Å². The number of carbonyl (C=O) groups is 1. The number of likely N-dealkylation sites (tertiary alicyclic amines) is 1. The second-order valence-corrected chi connectivity index (χ2v) is 8.99. The molecule has 8 nitrogen and oxygen atoms in total. The Bertz CT molecular complexity index is 684. The number of nitrogens with zero attached hydrogens (tertiary/aromatic N) is 2. The predicted molar refractivity (Wildman–Crippen MR) is 131 cm³/mol. The zero-order chi connectivity index (χ0) is 21.4. The molecule has 0 saturated carbocycles. The van der Waals surface area contributed by atoms with Crippen molar-refractivity contribution in [3.8, 4) is 0 Å².